The van der Waals surface area contributed by atoms with Crippen LogP contribution < -0.4 is 11.3 Å². The molecule has 0 bridgehead atoms. The van der Waals surface area contributed by atoms with Crippen LogP contribution in [0.15, 0.2) is 21.4 Å². The summed E-state index contributed by atoms with van der Waals surface area (Å²) in [6.45, 7) is 3.54. The number of hydrogen-bond acceptors (Lipinski definition) is 6. The van der Waals surface area contributed by atoms with E-state index in [-0.39, 0.29) is 42.8 Å². The summed E-state index contributed by atoms with van der Waals surface area (Å²) in [5.41, 5.74) is 7.71. The van der Waals surface area contributed by atoms with Crippen LogP contribution in [0, 0.1) is 12.7 Å². The lowest BCUT2D eigenvalue weighted by molar-refractivity contribution is -0.172. The maximum atomic E-state index is 14.4. The minimum Gasteiger partial charge on any atom is -0.458 e. The summed E-state index contributed by atoms with van der Waals surface area (Å²) in [7, 11) is 0. The number of benzene rings is 1. The molecular formula is C22H19BrFN3O4. The van der Waals surface area contributed by atoms with E-state index in [0.29, 0.717) is 32.3 Å². The van der Waals surface area contributed by atoms with Gasteiger partial charge in [-0.15, -0.1) is 0 Å². The Kier molecular flexibility index (Phi) is 4.38. The third kappa shape index (κ3) is 2.54. The zero-order chi connectivity index (χ0) is 22.2. The molecular weight excluding hydrogens is 469 g/mol. The number of carbonyl (C=O) groups is 1. The summed E-state index contributed by atoms with van der Waals surface area (Å²) in [4.78, 5) is 30.2. The molecule has 1 aromatic carbocycles. The molecule has 0 radical (unpaired) electrons. The van der Waals surface area contributed by atoms with Gasteiger partial charge in [0, 0.05) is 33.6 Å². The van der Waals surface area contributed by atoms with Crippen LogP contribution in [-0.2, 0) is 34.8 Å². The minimum absolute atomic E-state index is 0.0607. The second kappa shape index (κ2) is 6.69. The van der Waals surface area contributed by atoms with E-state index in [1.807, 2.05) is 0 Å². The van der Waals surface area contributed by atoms with Gasteiger partial charge in [-0.2, -0.15) is 0 Å². The fourth-order valence-electron chi connectivity index (χ4n) is 4.58. The number of esters is 1. The zero-order valence-electron chi connectivity index (χ0n) is 16.9. The smallest absolute Gasteiger partial charge is 0.343 e. The van der Waals surface area contributed by atoms with Gasteiger partial charge in [-0.3, -0.25) is 4.79 Å². The van der Waals surface area contributed by atoms with Crippen molar-refractivity contribution in [3.05, 3.63) is 60.6 Å². The van der Waals surface area contributed by atoms with Gasteiger partial charge in [0.2, 0.25) is 0 Å². The molecule has 2 aromatic heterocycles. The highest BCUT2D eigenvalue weighted by Crippen LogP contribution is 2.42. The van der Waals surface area contributed by atoms with Gasteiger partial charge in [0.1, 0.15) is 12.4 Å². The summed E-state index contributed by atoms with van der Waals surface area (Å²) in [6.07, 6.45) is 0.0607. The van der Waals surface area contributed by atoms with Crippen molar-refractivity contribution < 1.29 is 19.0 Å². The molecule has 0 saturated carbocycles. The number of pyridine rings is 2. The molecule has 0 amide bonds. The Hall–Kier alpha value is -2.62. The highest BCUT2D eigenvalue weighted by Gasteiger charge is 2.45. The van der Waals surface area contributed by atoms with E-state index < -0.39 is 17.4 Å². The maximum absolute atomic E-state index is 14.4. The normalized spacial score (nSPS) is 19.2. The largest absolute Gasteiger partial charge is 0.458 e. The van der Waals surface area contributed by atoms with Crippen molar-refractivity contribution in [3.63, 3.8) is 0 Å². The van der Waals surface area contributed by atoms with E-state index in [9.17, 15) is 19.1 Å². The molecule has 3 N–H and O–H groups in total. The van der Waals surface area contributed by atoms with E-state index in [2.05, 4.69) is 20.9 Å². The topological polar surface area (TPSA) is 107 Å². The molecule has 2 aliphatic rings. The quantitative estimate of drug-likeness (QED) is 0.421. The van der Waals surface area contributed by atoms with Crippen molar-refractivity contribution >= 4 is 32.8 Å². The Labute approximate surface area is 184 Å². The fraction of sp³-hybridized carbons (Fsp3) is 0.318. The lowest BCUT2D eigenvalue weighted by Gasteiger charge is -2.31. The Morgan fingerprint density at radius 2 is 2.10 bits per heavy atom. The number of nitrogens with two attached hydrogens (primary N) is 1. The van der Waals surface area contributed by atoms with E-state index in [1.54, 1.807) is 24.5 Å². The van der Waals surface area contributed by atoms with Crippen molar-refractivity contribution in [2.45, 2.75) is 45.6 Å². The number of ether oxygens (including phenoxy) is 1. The first-order valence-corrected chi connectivity index (χ1v) is 10.7. The molecule has 7 nitrogen and oxygen atoms in total. The molecule has 3 aromatic rings. The second-order valence-electron chi connectivity index (χ2n) is 7.92. The van der Waals surface area contributed by atoms with E-state index in [4.69, 9.17) is 10.5 Å². The van der Waals surface area contributed by atoms with Crippen molar-refractivity contribution in [1.82, 2.24) is 9.55 Å². The maximum Gasteiger partial charge on any atom is 0.343 e. The number of fused-ring (bicyclic) bond motifs is 5. The van der Waals surface area contributed by atoms with E-state index >= 15 is 0 Å². The van der Waals surface area contributed by atoms with Crippen LogP contribution in [0.5, 0.6) is 0 Å². The molecule has 4 heterocycles. The van der Waals surface area contributed by atoms with Gasteiger partial charge in [0.05, 0.1) is 29.0 Å². The summed E-state index contributed by atoms with van der Waals surface area (Å²) < 4.78 is 21.7. The number of aromatic nitrogens is 2. The lowest BCUT2D eigenvalue weighted by atomic mass is 9.86. The third-order valence-electron chi connectivity index (χ3n) is 6.42. The van der Waals surface area contributed by atoms with Gasteiger partial charge in [0.15, 0.2) is 5.60 Å². The van der Waals surface area contributed by atoms with Crippen LogP contribution >= 0.6 is 15.9 Å². The Bertz CT molecular complexity index is 1380. The van der Waals surface area contributed by atoms with Crippen LogP contribution in [0.1, 0.15) is 41.2 Å². The van der Waals surface area contributed by atoms with Crippen LogP contribution in [0.3, 0.4) is 0 Å². The summed E-state index contributed by atoms with van der Waals surface area (Å²) in [5, 5.41) is 11.7. The molecule has 31 heavy (non-hydrogen) atoms. The molecule has 0 spiro atoms. The number of aliphatic hydroxyl groups is 1. The summed E-state index contributed by atoms with van der Waals surface area (Å²) in [6, 6.07) is 2.99. The van der Waals surface area contributed by atoms with E-state index in [1.165, 1.54) is 6.07 Å². The number of carbonyl (C=O) groups excluding carboxylic acids is 1. The van der Waals surface area contributed by atoms with Gasteiger partial charge in [-0.1, -0.05) is 6.92 Å². The molecule has 160 valence electrons. The molecule has 1 atom stereocenters. The standard InChI is InChI=1S/C22H19BrFN3O4/c1-3-22(30)13-4-16-19-11(7-27(16)20(28)12(13)8-31-21(22)29)10(6-25)17-15(26-19)5-14(24)9(2)18(17)23/h4-5,30H,3,6-8,25H2,1-2H3/t22-/m0/s1. The highest BCUT2D eigenvalue weighted by atomic mass is 79.9. The second-order valence-corrected chi connectivity index (χ2v) is 8.71. The summed E-state index contributed by atoms with van der Waals surface area (Å²) in [5.74, 6) is -1.18. The molecule has 9 heteroatoms. The number of rotatable bonds is 2. The Morgan fingerprint density at radius 1 is 1.35 bits per heavy atom. The van der Waals surface area contributed by atoms with Crippen LogP contribution in [0.2, 0.25) is 0 Å². The molecule has 0 fully saturated rings. The monoisotopic (exact) mass is 487 g/mol. The predicted molar refractivity (Wildman–Crippen MR) is 115 cm³/mol. The SMILES string of the molecule is CC[C@@]1(O)C(=O)OCc2c1cc1n(c2=O)Cc2c-1nc1cc(F)c(C)c(Br)c1c2CN. The average Bonchev–Trinajstić information content (AvgIpc) is 3.12. The van der Waals surface area contributed by atoms with Gasteiger partial charge in [0.25, 0.3) is 5.56 Å². The molecule has 5 rings (SSSR count). The molecule has 0 saturated heterocycles. The number of hydrogen-bond donors (Lipinski definition) is 2. The van der Waals surface area contributed by atoms with Crippen molar-refractivity contribution in [3.8, 4) is 11.4 Å². The molecule has 0 unspecified atom stereocenters. The van der Waals surface area contributed by atoms with Crippen molar-refractivity contribution in [2.24, 2.45) is 5.73 Å². The fourth-order valence-corrected chi connectivity index (χ4v) is 5.21. The minimum atomic E-state index is -1.90. The van der Waals surface area contributed by atoms with Crippen LogP contribution in [0.4, 0.5) is 4.39 Å². The number of nitrogens with zero attached hydrogens (tertiary/aromatic N) is 2. The first-order chi connectivity index (χ1) is 14.7. The molecule has 2 aliphatic heterocycles. The average molecular weight is 488 g/mol. The number of halogens is 2. The van der Waals surface area contributed by atoms with Gasteiger partial charge in [-0.05, 0) is 46.5 Å². The Balaban J connectivity index is 1.86. The summed E-state index contributed by atoms with van der Waals surface area (Å²) >= 11 is 3.47. The van der Waals surface area contributed by atoms with Gasteiger partial charge < -0.3 is 20.1 Å². The lowest BCUT2D eigenvalue weighted by Crippen LogP contribution is -2.44. The number of cyclic esters (lactones) is 1. The van der Waals surface area contributed by atoms with Gasteiger partial charge in [-0.25, -0.2) is 14.2 Å². The van der Waals surface area contributed by atoms with Crippen molar-refractivity contribution in [2.75, 3.05) is 0 Å². The first kappa shape index (κ1) is 20.3. The highest BCUT2D eigenvalue weighted by molar-refractivity contribution is 9.10. The van der Waals surface area contributed by atoms with Crippen molar-refractivity contribution in [1.29, 1.82) is 0 Å². The van der Waals surface area contributed by atoms with E-state index in [0.717, 1.165) is 11.1 Å². The zero-order valence-corrected chi connectivity index (χ0v) is 18.5. The van der Waals surface area contributed by atoms with Gasteiger partial charge >= 0.3 is 5.97 Å². The third-order valence-corrected chi connectivity index (χ3v) is 7.41. The Morgan fingerprint density at radius 3 is 2.77 bits per heavy atom. The first-order valence-electron chi connectivity index (χ1n) is 9.90. The molecule has 0 aliphatic carbocycles. The van der Waals surface area contributed by atoms with Crippen LogP contribution in [-0.4, -0.2) is 20.6 Å². The predicted octanol–water partition coefficient (Wildman–Crippen LogP) is 2.75. The van der Waals surface area contributed by atoms with Crippen LogP contribution in [0.25, 0.3) is 22.3 Å².